The highest BCUT2D eigenvalue weighted by atomic mass is 79.9. The minimum absolute atomic E-state index is 0.373. The zero-order valence-electron chi connectivity index (χ0n) is 11.8. The minimum Gasteiger partial charge on any atom is -0.506 e. The Bertz CT molecular complexity index is 417. The Morgan fingerprint density at radius 1 is 1.37 bits per heavy atom. The summed E-state index contributed by atoms with van der Waals surface area (Å²) in [4.78, 5) is 4.72. The van der Waals surface area contributed by atoms with E-state index in [-0.39, 0.29) is 0 Å². The molecule has 0 amide bonds. The number of halogens is 1. The number of benzene rings is 1. The predicted molar refractivity (Wildman–Crippen MR) is 82.4 cm³/mol. The molecule has 1 fully saturated rings. The lowest BCUT2D eigenvalue weighted by Crippen LogP contribution is -2.35. The van der Waals surface area contributed by atoms with Gasteiger partial charge < -0.3 is 14.9 Å². The standard InChI is InChI=1S/C15H23BrN2O/c1-17-8-6-12(7-9-17)10-18(2)11-13-4-3-5-14(16)15(13)19/h3-5,12,19H,6-11H2,1-2H3. The molecule has 0 saturated carbocycles. The van der Waals surface area contributed by atoms with E-state index in [0.717, 1.165) is 29.0 Å². The number of para-hydroxylation sites is 1. The number of phenolic OH excluding ortho intramolecular Hbond substituents is 1. The van der Waals surface area contributed by atoms with E-state index in [9.17, 15) is 5.11 Å². The smallest absolute Gasteiger partial charge is 0.134 e. The van der Waals surface area contributed by atoms with E-state index >= 15 is 0 Å². The van der Waals surface area contributed by atoms with Crippen LogP contribution in [0.15, 0.2) is 22.7 Å². The van der Waals surface area contributed by atoms with Crippen molar-refractivity contribution in [3.05, 3.63) is 28.2 Å². The molecule has 1 saturated heterocycles. The van der Waals surface area contributed by atoms with Crippen molar-refractivity contribution >= 4 is 15.9 Å². The molecule has 2 rings (SSSR count). The van der Waals surface area contributed by atoms with Crippen LogP contribution in [0, 0.1) is 5.92 Å². The third kappa shape index (κ3) is 4.20. The second-order valence-corrected chi connectivity index (χ2v) is 6.55. The Balaban J connectivity index is 1.87. The van der Waals surface area contributed by atoms with Crippen molar-refractivity contribution in [3.8, 4) is 5.75 Å². The maximum Gasteiger partial charge on any atom is 0.134 e. The molecule has 0 spiro atoms. The molecular weight excluding hydrogens is 304 g/mol. The van der Waals surface area contributed by atoms with E-state index in [1.54, 1.807) is 0 Å². The highest BCUT2D eigenvalue weighted by molar-refractivity contribution is 9.10. The lowest BCUT2D eigenvalue weighted by Gasteiger charge is -2.31. The SMILES string of the molecule is CN1CCC(CN(C)Cc2cccc(Br)c2O)CC1. The van der Waals surface area contributed by atoms with Crippen LogP contribution in [-0.4, -0.2) is 48.6 Å². The van der Waals surface area contributed by atoms with Crippen molar-refractivity contribution in [2.24, 2.45) is 5.92 Å². The molecule has 0 bridgehead atoms. The number of piperidine rings is 1. The van der Waals surface area contributed by atoms with Gasteiger partial charge in [-0.1, -0.05) is 12.1 Å². The topological polar surface area (TPSA) is 26.7 Å². The molecule has 0 radical (unpaired) electrons. The Morgan fingerprint density at radius 2 is 2.05 bits per heavy atom. The fourth-order valence-corrected chi connectivity index (χ4v) is 3.14. The molecule has 4 heteroatoms. The summed E-state index contributed by atoms with van der Waals surface area (Å²) in [5.41, 5.74) is 0.991. The Labute approximate surface area is 124 Å². The van der Waals surface area contributed by atoms with Gasteiger partial charge in [-0.05, 0) is 67.9 Å². The summed E-state index contributed by atoms with van der Waals surface area (Å²) in [6, 6.07) is 5.84. The average Bonchev–Trinajstić information content (AvgIpc) is 2.38. The molecule has 1 heterocycles. The van der Waals surface area contributed by atoms with E-state index in [0.29, 0.717) is 5.75 Å². The molecule has 0 aromatic heterocycles. The normalized spacial score (nSPS) is 18.1. The highest BCUT2D eigenvalue weighted by Crippen LogP contribution is 2.28. The maximum atomic E-state index is 10.0. The molecule has 1 N–H and O–H groups in total. The van der Waals surface area contributed by atoms with Gasteiger partial charge in [0.25, 0.3) is 0 Å². The molecule has 1 aliphatic heterocycles. The van der Waals surface area contributed by atoms with E-state index in [1.807, 2.05) is 18.2 Å². The zero-order valence-corrected chi connectivity index (χ0v) is 13.4. The summed E-state index contributed by atoms with van der Waals surface area (Å²) in [6.45, 7) is 4.33. The molecular formula is C15H23BrN2O. The summed E-state index contributed by atoms with van der Waals surface area (Å²) < 4.78 is 0.776. The molecule has 3 nitrogen and oxygen atoms in total. The van der Waals surface area contributed by atoms with Gasteiger partial charge in [-0.2, -0.15) is 0 Å². The van der Waals surface area contributed by atoms with Gasteiger partial charge in [-0.3, -0.25) is 0 Å². The minimum atomic E-state index is 0.373. The molecule has 106 valence electrons. The second-order valence-electron chi connectivity index (χ2n) is 5.69. The summed E-state index contributed by atoms with van der Waals surface area (Å²) >= 11 is 3.37. The molecule has 0 atom stereocenters. The van der Waals surface area contributed by atoms with E-state index < -0.39 is 0 Å². The number of hydrogen-bond donors (Lipinski definition) is 1. The largest absolute Gasteiger partial charge is 0.506 e. The van der Waals surface area contributed by atoms with E-state index in [4.69, 9.17) is 0 Å². The van der Waals surface area contributed by atoms with Crippen LogP contribution in [0.2, 0.25) is 0 Å². The molecule has 1 aromatic rings. The highest BCUT2D eigenvalue weighted by Gasteiger charge is 2.18. The predicted octanol–water partition coefficient (Wildman–Crippen LogP) is 2.93. The Hall–Kier alpha value is -0.580. The fraction of sp³-hybridized carbons (Fsp3) is 0.600. The zero-order chi connectivity index (χ0) is 13.8. The molecule has 0 unspecified atom stereocenters. The van der Waals surface area contributed by atoms with Gasteiger partial charge in [-0.25, -0.2) is 0 Å². The lowest BCUT2D eigenvalue weighted by molar-refractivity contribution is 0.173. The first-order valence-electron chi connectivity index (χ1n) is 6.89. The first-order chi connectivity index (χ1) is 9.06. The van der Waals surface area contributed by atoms with Crippen LogP contribution in [-0.2, 0) is 6.54 Å². The van der Waals surface area contributed by atoms with Crippen LogP contribution >= 0.6 is 15.9 Å². The number of likely N-dealkylation sites (tertiary alicyclic amines) is 1. The molecule has 1 aromatic carbocycles. The van der Waals surface area contributed by atoms with Crippen LogP contribution in [0.4, 0.5) is 0 Å². The monoisotopic (exact) mass is 326 g/mol. The van der Waals surface area contributed by atoms with Crippen LogP contribution in [0.25, 0.3) is 0 Å². The van der Waals surface area contributed by atoms with Gasteiger partial charge >= 0.3 is 0 Å². The number of hydrogen-bond acceptors (Lipinski definition) is 3. The first kappa shape index (κ1) is 14.8. The van der Waals surface area contributed by atoms with Crippen LogP contribution in [0.1, 0.15) is 18.4 Å². The molecule has 19 heavy (non-hydrogen) atoms. The van der Waals surface area contributed by atoms with Crippen LogP contribution in [0.3, 0.4) is 0 Å². The van der Waals surface area contributed by atoms with Gasteiger partial charge in [-0.15, -0.1) is 0 Å². The van der Waals surface area contributed by atoms with Crippen LogP contribution in [0.5, 0.6) is 5.75 Å². The van der Waals surface area contributed by atoms with Gasteiger partial charge in [0, 0.05) is 18.7 Å². The number of nitrogens with zero attached hydrogens (tertiary/aromatic N) is 2. The Morgan fingerprint density at radius 3 is 2.74 bits per heavy atom. The number of phenols is 1. The number of aromatic hydroxyl groups is 1. The van der Waals surface area contributed by atoms with Crippen molar-refractivity contribution in [3.63, 3.8) is 0 Å². The molecule has 1 aliphatic rings. The van der Waals surface area contributed by atoms with Gasteiger partial charge in [0.15, 0.2) is 0 Å². The third-order valence-corrected chi connectivity index (χ3v) is 4.56. The summed E-state index contributed by atoms with van der Waals surface area (Å²) in [5.74, 6) is 1.16. The lowest BCUT2D eigenvalue weighted by atomic mass is 9.96. The Kier molecular flexibility index (Phi) is 5.25. The third-order valence-electron chi connectivity index (χ3n) is 3.92. The summed E-state index contributed by atoms with van der Waals surface area (Å²) in [5, 5.41) is 10.0. The van der Waals surface area contributed by atoms with Crippen molar-refractivity contribution in [2.75, 3.05) is 33.7 Å². The van der Waals surface area contributed by atoms with Crippen LogP contribution < -0.4 is 0 Å². The summed E-state index contributed by atoms with van der Waals surface area (Å²) in [7, 11) is 4.33. The van der Waals surface area contributed by atoms with Gasteiger partial charge in [0.1, 0.15) is 5.75 Å². The van der Waals surface area contributed by atoms with Gasteiger partial charge in [0.05, 0.1) is 4.47 Å². The maximum absolute atomic E-state index is 10.0. The molecule has 0 aliphatic carbocycles. The average molecular weight is 327 g/mol. The first-order valence-corrected chi connectivity index (χ1v) is 7.69. The second kappa shape index (κ2) is 6.73. The fourth-order valence-electron chi connectivity index (χ4n) is 2.73. The number of rotatable bonds is 4. The van der Waals surface area contributed by atoms with Crippen molar-refractivity contribution < 1.29 is 5.11 Å². The van der Waals surface area contributed by atoms with E-state index in [2.05, 4.69) is 39.8 Å². The summed E-state index contributed by atoms with van der Waals surface area (Å²) in [6.07, 6.45) is 2.57. The quantitative estimate of drug-likeness (QED) is 0.921. The van der Waals surface area contributed by atoms with E-state index in [1.165, 1.54) is 25.9 Å². The van der Waals surface area contributed by atoms with Crippen molar-refractivity contribution in [1.82, 2.24) is 9.80 Å². The van der Waals surface area contributed by atoms with Crippen molar-refractivity contribution in [1.29, 1.82) is 0 Å². The van der Waals surface area contributed by atoms with Crippen molar-refractivity contribution in [2.45, 2.75) is 19.4 Å². The van der Waals surface area contributed by atoms with Gasteiger partial charge in [0.2, 0.25) is 0 Å².